The highest BCUT2D eigenvalue weighted by molar-refractivity contribution is 5.92. The number of likely N-dealkylation sites (tertiary alicyclic amines) is 1. The molecule has 2 aliphatic heterocycles. The third-order valence-electron chi connectivity index (χ3n) is 7.62. The Hall–Kier alpha value is -3.69. The summed E-state index contributed by atoms with van der Waals surface area (Å²) in [4.78, 5) is 29.7. The number of hydrogen-bond acceptors (Lipinski definition) is 4. The molecule has 0 spiro atoms. The second-order valence-electron chi connectivity index (χ2n) is 10.3. The SMILES string of the molecule is O=C(Cc1c(F)ccc(F)c1F)Nc1ccc(C2CCN(C(=O)C3CN(Cc4ccccc4)CCO3)CC2)cc1. The highest BCUT2D eigenvalue weighted by Gasteiger charge is 2.32. The Morgan fingerprint density at radius 3 is 2.30 bits per heavy atom. The van der Waals surface area contributed by atoms with E-state index in [1.807, 2.05) is 35.2 Å². The minimum absolute atomic E-state index is 0.0421. The van der Waals surface area contributed by atoms with Crippen LogP contribution in [0.5, 0.6) is 0 Å². The molecular formula is C31H32F3N3O3. The lowest BCUT2D eigenvalue weighted by atomic mass is 9.89. The van der Waals surface area contributed by atoms with Crippen LogP contribution < -0.4 is 5.32 Å². The van der Waals surface area contributed by atoms with Crippen molar-refractivity contribution in [2.75, 3.05) is 38.1 Å². The number of halogens is 3. The first-order valence-electron chi connectivity index (χ1n) is 13.6. The van der Waals surface area contributed by atoms with Crippen molar-refractivity contribution in [1.29, 1.82) is 0 Å². The van der Waals surface area contributed by atoms with Gasteiger partial charge in [0.1, 0.15) is 11.9 Å². The van der Waals surface area contributed by atoms with Gasteiger partial charge in [0.15, 0.2) is 11.6 Å². The number of amides is 2. The molecule has 1 unspecified atom stereocenters. The molecule has 0 aliphatic carbocycles. The molecule has 5 rings (SSSR count). The summed E-state index contributed by atoms with van der Waals surface area (Å²) < 4.78 is 47.0. The average Bonchev–Trinajstić information content (AvgIpc) is 2.98. The van der Waals surface area contributed by atoms with Crippen LogP contribution in [0.3, 0.4) is 0 Å². The van der Waals surface area contributed by atoms with Gasteiger partial charge in [-0.25, -0.2) is 13.2 Å². The number of carbonyl (C=O) groups excluding carboxylic acids is 2. The highest BCUT2D eigenvalue weighted by atomic mass is 19.2. The molecule has 0 saturated carbocycles. The van der Waals surface area contributed by atoms with E-state index in [1.54, 1.807) is 12.1 Å². The Labute approximate surface area is 231 Å². The number of piperidine rings is 1. The number of ether oxygens (including phenoxy) is 1. The molecule has 2 aliphatic rings. The lowest BCUT2D eigenvalue weighted by Crippen LogP contribution is -2.52. The monoisotopic (exact) mass is 551 g/mol. The molecule has 6 nitrogen and oxygen atoms in total. The third-order valence-corrected chi connectivity index (χ3v) is 7.62. The summed E-state index contributed by atoms with van der Waals surface area (Å²) in [6.45, 7) is 4.01. The second-order valence-corrected chi connectivity index (χ2v) is 10.3. The number of nitrogens with one attached hydrogen (secondary N) is 1. The van der Waals surface area contributed by atoms with Crippen LogP contribution in [-0.2, 0) is 27.3 Å². The van der Waals surface area contributed by atoms with E-state index in [1.165, 1.54) is 5.56 Å². The van der Waals surface area contributed by atoms with E-state index < -0.39 is 41.4 Å². The van der Waals surface area contributed by atoms with Crippen LogP contribution in [-0.4, -0.2) is 60.5 Å². The normalized spacial score (nSPS) is 18.5. The zero-order valence-electron chi connectivity index (χ0n) is 22.1. The van der Waals surface area contributed by atoms with E-state index in [-0.39, 0.29) is 11.8 Å². The number of carbonyl (C=O) groups is 2. The van der Waals surface area contributed by atoms with Gasteiger partial charge >= 0.3 is 0 Å². The Morgan fingerprint density at radius 2 is 1.57 bits per heavy atom. The topological polar surface area (TPSA) is 61.9 Å². The van der Waals surface area contributed by atoms with Gasteiger partial charge in [-0.15, -0.1) is 0 Å². The molecule has 2 heterocycles. The fraction of sp³-hybridized carbons (Fsp3) is 0.355. The molecule has 1 N–H and O–H groups in total. The molecule has 0 radical (unpaired) electrons. The van der Waals surface area contributed by atoms with Gasteiger partial charge in [-0.2, -0.15) is 0 Å². The van der Waals surface area contributed by atoms with Crippen molar-refractivity contribution in [1.82, 2.24) is 9.80 Å². The molecular weight excluding hydrogens is 519 g/mol. The quantitative estimate of drug-likeness (QED) is 0.425. The lowest BCUT2D eigenvalue weighted by Gasteiger charge is -2.38. The molecule has 2 saturated heterocycles. The molecule has 2 fully saturated rings. The van der Waals surface area contributed by atoms with E-state index >= 15 is 0 Å². The molecule has 1 atom stereocenters. The predicted octanol–water partition coefficient (Wildman–Crippen LogP) is 4.89. The van der Waals surface area contributed by atoms with E-state index in [0.717, 1.165) is 37.6 Å². The van der Waals surface area contributed by atoms with Crippen molar-refractivity contribution in [2.24, 2.45) is 0 Å². The lowest BCUT2D eigenvalue weighted by molar-refractivity contribution is -0.150. The fourth-order valence-corrected chi connectivity index (χ4v) is 5.41. The van der Waals surface area contributed by atoms with Gasteiger partial charge in [0.05, 0.1) is 13.0 Å². The standard InChI is InChI=1S/C31H32F3N3O3/c32-26-10-11-27(33)30(34)25(26)18-29(38)35-24-8-6-22(7-9-24)23-12-14-37(15-13-23)31(39)28-20-36(16-17-40-28)19-21-4-2-1-3-5-21/h1-11,23,28H,12-20H2,(H,35,38). The summed E-state index contributed by atoms with van der Waals surface area (Å²) in [5.41, 5.74) is 2.19. The summed E-state index contributed by atoms with van der Waals surface area (Å²) in [7, 11) is 0. The van der Waals surface area contributed by atoms with Gasteiger partial charge < -0.3 is 15.0 Å². The summed E-state index contributed by atoms with van der Waals surface area (Å²) in [5, 5.41) is 2.61. The smallest absolute Gasteiger partial charge is 0.253 e. The first kappa shape index (κ1) is 27.9. The van der Waals surface area contributed by atoms with Crippen LogP contribution >= 0.6 is 0 Å². The van der Waals surface area contributed by atoms with Crippen molar-refractivity contribution in [2.45, 2.75) is 37.8 Å². The maximum absolute atomic E-state index is 13.9. The number of hydrogen-bond donors (Lipinski definition) is 1. The molecule has 0 aromatic heterocycles. The highest BCUT2D eigenvalue weighted by Crippen LogP contribution is 2.30. The van der Waals surface area contributed by atoms with E-state index in [9.17, 15) is 22.8 Å². The number of morpholine rings is 1. The minimum Gasteiger partial charge on any atom is -0.366 e. The maximum Gasteiger partial charge on any atom is 0.253 e. The Morgan fingerprint density at radius 1 is 0.875 bits per heavy atom. The number of rotatable bonds is 7. The van der Waals surface area contributed by atoms with Crippen molar-refractivity contribution in [3.8, 4) is 0 Å². The van der Waals surface area contributed by atoms with Crippen molar-refractivity contribution >= 4 is 17.5 Å². The first-order valence-corrected chi connectivity index (χ1v) is 13.6. The minimum atomic E-state index is -1.35. The molecule has 3 aromatic carbocycles. The van der Waals surface area contributed by atoms with Crippen LogP contribution in [0.2, 0.25) is 0 Å². The van der Waals surface area contributed by atoms with Gasteiger partial charge in [0.25, 0.3) is 5.91 Å². The summed E-state index contributed by atoms with van der Waals surface area (Å²) in [6, 6.07) is 19.0. The molecule has 2 amide bonds. The van der Waals surface area contributed by atoms with E-state index in [2.05, 4.69) is 22.3 Å². The Kier molecular flexibility index (Phi) is 8.81. The molecule has 9 heteroatoms. The average molecular weight is 552 g/mol. The van der Waals surface area contributed by atoms with Crippen LogP contribution in [0.1, 0.15) is 35.4 Å². The molecule has 210 valence electrons. The number of nitrogens with zero attached hydrogens (tertiary/aromatic N) is 2. The second kappa shape index (κ2) is 12.7. The molecule has 3 aromatic rings. The zero-order chi connectivity index (χ0) is 28.1. The van der Waals surface area contributed by atoms with Gasteiger partial charge in [0, 0.05) is 44.0 Å². The molecule has 40 heavy (non-hydrogen) atoms. The largest absolute Gasteiger partial charge is 0.366 e. The van der Waals surface area contributed by atoms with Gasteiger partial charge in [-0.3, -0.25) is 14.5 Å². The summed E-state index contributed by atoms with van der Waals surface area (Å²) in [6.07, 6.45) is 0.566. The van der Waals surface area contributed by atoms with Crippen LogP contribution in [0, 0.1) is 17.5 Å². The third kappa shape index (κ3) is 6.71. The van der Waals surface area contributed by atoms with E-state index in [0.29, 0.717) is 38.0 Å². The summed E-state index contributed by atoms with van der Waals surface area (Å²) >= 11 is 0. The Balaban J connectivity index is 1.10. The predicted molar refractivity (Wildman–Crippen MR) is 145 cm³/mol. The first-order chi connectivity index (χ1) is 19.4. The van der Waals surface area contributed by atoms with Crippen LogP contribution in [0.15, 0.2) is 66.7 Å². The summed E-state index contributed by atoms with van der Waals surface area (Å²) in [5.74, 6) is -3.84. The molecule has 0 bridgehead atoms. The fourth-order valence-electron chi connectivity index (χ4n) is 5.41. The van der Waals surface area contributed by atoms with Crippen molar-refractivity contribution in [3.63, 3.8) is 0 Å². The zero-order valence-corrected chi connectivity index (χ0v) is 22.1. The Bertz CT molecular complexity index is 1330. The van der Waals surface area contributed by atoms with Gasteiger partial charge in [0.2, 0.25) is 5.91 Å². The van der Waals surface area contributed by atoms with Gasteiger partial charge in [-0.05, 0) is 54.2 Å². The van der Waals surface area contributed by atoms with Crippen LogP contribution in [0.25, 0.3) is 0 Å². The van der Waals surface area contributed by atoms with Crippen molar-refractivity contribution in [3.05, 3.63) is 101 Å². The van der Waals surface area contributed by atoms with Crippen molar-refractivity contribution < 1.29 is 27.5 Å². The number of anilines is 1. The number of benzene rings is 3. The maximum atomic E-state index is 13.9. The van der Waals surface area contributed by atoms with Gasteiger partial charge in [-0.1, -0.05) is 42.5 Å². The van der Waals surface area contributed by atoms with E-state index in [4.69, 9.17) is 4.74 Å². The van der Waals surface area contributed by atoms with Crippen LogP contribution in [0.4, 0.5) is 18.9 Å².